The second-order valence-electron chi connectivity index (χ2n) is 9.82. The highest BCUT2D eigenvalue weighted by atomic mass is 16.5. The summed E-state index contributed by atoms with van der Waals surface area (Å²) in [5.74, 6) is 1.34. The van der Waals surface area contributed by atoms with Crippen LogP contribution in [0.5, 0.6) is 0 Å². The van der Waals surface area contributed by atoms with Crippen molar-refractivity contribution in [3.63, 3.8) is 0 Å². The van der Waals surface area contributed by atoms with Gasteiger partial charge in [-0.25, -0.2) is 0 Å². The Morgan fingerprint density at radius 2 is 1.45 bits per heavy atom. The molecular formula is C24H48N4O3. The third kappa shape index (κ3) is 11.7. The van der Waals surface area contributed by atoms with Crippen molar-refractivity contribution < 1.29 is 14.3 Å². The van der Waals surface area contributed by atoms with Crippen LogP contribution in [0.1, 0.15) is 40.5 Å². The van der Waals surface area contributed by atoms with Gasteiger partial charge >= 0.3 is 0 Å². The Kier molecular flexibility index (Phi) is 13.2. The number of piperidine rings is 1. The maximum atomic E-state index is 11.9. The van der Waals surface area contributed by atoms with Gasteiger partial charge in [0.05, 0.1) is 33.0 Å². The van der Waals surface area contributed by atoms with Gasteiger partial charge in [-0.2, -0.15) is 0 Å². The van der Waals surface area contributed by atoms with E-state index in [1.165, 1.54) is 32.5 Å². The molecule has 1 N–H and O–H groups in total. The summed E-state index contributed by atoms with van der Waals surface area (Å²) in [6.07, 6.45) is 2.58. The first-order valence-electron chi connectivity index (χ1n) is 12.5. The zero-order chi connectivity index (χ0) is 22.5. The van der Waals surface area contributed by atoms with Gasteiger partial charge in [-0.05, 0) is 31.8 Å². The zero-order valence-electron chi connectivity index (χ0n) is 20.6. The molecule has 2 saturated heterocycles. The summed E-state index contributed by atoms with van der Waals surface area (Å²) in [6, 6.07) is 0.515. The molecule has 0 saturated carbocycles. The summed E-state index contributed by atoms with van der Waals surface area (Å²) < 4.78 is 11.3. The molecule has 7 nitrogen and oxygen atoms in total. The topological polar surface area (TPSA) is 57.3 Å². The van der Waals surface area contributed by atoms with E-state index in [4.69, 9.17) is 9.47 Å². The van der Waals surface area contributed by atoms with Gasteiger partial charge in [-0.15, -0.1) is 0 Å². The second-order valence-corrected chi connectivity index (χ2v) is 9.82. The first-order chi connectivity index (χ1) is 14.9. The van der Waals surface area contributed by atoms with Crippen LogP contribution in [-0.2, 0) is 14.3 Å². The molecule has 2 rings (SSSR count). The summed E-state index contributed by atoms with van der Waals surface area (Å²) in [4.78, 5) is 19.4. The maximum Gasteiger partial charge on any atom is 0.149 e. The number of piperazine rings is 1. The van der Waals surface area contributed by atoms with Crippen LogP contribution in [-0.4, -0.2) is 118 Å². The fourth-order valence-corrected chi connectivity index (χ4v) is 4.23. The van der Waals surface area contributed by atoms with Gasteiger partial charge in [0.25, 0.3) is 0 Å². The lowest BCUT2D eigenvalue weighted by molar-refractivity contribution is -0.123. The van der Waals surface area contributed by atoms with Crippen molar-refractivity contribution in [1.82, 2.24) is 20.0 Å². The summed E-state index contributed by atoms with van der Waals surface area (Å²) in [5, 5.41) is 3.34. The Labute approximate surface area is 190 Å². The highest BCUT2D eigenvalue weighted by Crippen LogP contribution is 2.19. The van der Waals surface area contributed by atoms with Crippen molar-refractivity contribution in [3.05, 3.63) is 0 Å². The molecule has 0 aromatic rings. The maximum absolute atomic E-state index is 11.9. The fourth-order valence-electron chi connectivity index (χ4n) is 4.23. The van der Waals surface area contributed by atoms with Crippen LogP contribution in [0.25, 0.3) is 0 Å². The molecule has 7 heteroatoms. The molecule has 0 aromatic heterocycles. The zero-order valence-corrected chi connectivity index (χ0v) is 20.6. The lowest BCUT2D eigenvalue weighted by Gasteiger charge is -2.38. The van der Waals surface area contributed by atoms with Gasteiger partial charge in [0, 0.05) is 57.8 Å². The minimum Gasteiger partial charge on any atom is -0.378 e. The highest BCUT2D eigenvalue weighted by Gasteiger charge is 2.24. The third-order valence-corrected chi connectivity index (χ3v) is 6.43. The van der Waals surface area contributed by atoms with E-state index in [1.807, 2.05) is 13.8 Å². The Balaban J connectivity index is 1.44. The van der Waals surface area contributed by atoms with E-state index in [1.54, 1.807) is 0 Å². The van der Waals surface area contributed by atoms with E-state index in [0.717, 1.165) is 58.4 Å². The number of ether oxygens (including phenoxy) is 2. The first-order valence-corrected chi connectivity index (χ1v) is 12.5. The Morgan fingerprint density at radius 3 is 2.06 bits per heavy atom. The van der Waals surface area contributed by atoms with Crippen LogP contribution in [0.15, 0.2) is 0 Å². The number of hydrogen-bond acceptors (Lipinski definition) is 7. The largest absolute Gasteiger partial charge is 0.378 e. The summed E-state index contributed by atoms with van der Waals surface area (Å²) in [7, 11) is 0. The highest BCUT2D eigenvalue weighted by molar-refractivity contribution is 5.82. The minimum atomic E-state index is 0.152. The van der Waals surface area contributed by atoms with Crippen LogP contribution < -0.4 is 5.32 Å². The molecule has 0 aromatic carbocycles. The molecule has 2 fully saturated rings. The van der Waals surface area contributed by atoms with Crippen molar-refractivity contribution in [2.45, 2.75) is 46.6 Å². The van der Waals surface area contributed by atoms with E-state index < -0.39 is 0 Å². The smallest absolute Gasteiger partial charge is 0.149 e. The van der Waals surface area contributed by atoms with Crippen LogP contribution in [0.2, 0.25) is 0 Å². The molecule has 0 amide bonds. The molecule has 2 heterocycles. The van der Waals surface area contributed by atoms with Gasteiger partial charge < -0.3 is 24.6 Å². The normalized spacial score (nSPS) is 20.2. The van der Waals surface area contributed by atoms with Gasteiger partial charge in [0.1, 0.15) is 5.78 Å². The average Bonchev–Trinajstić information content (AvgIpc) is 2.74. The lowest BCUT2D eigenvalue weighted by atomic mass is 9.96. The molecule has 0 radical (unpaired) electrons. The molecule has 0 aliphatic carbocycles. The van der Waals surface area contributed by atoms with Gasteiger partial charge in [-0.1, -0.05) is 27.7 Å². The molecule has 0 atom stereocenters. The van der Waals surface area contributed by atoms with E-state index in [0.29, 0.717) is 31.6 Å². The molecule has 2 aliphatic heterocycles. The van der Waals surface area contributed by atoms with Crippen molar-refractivity contribution >= 4 is 5.78 Å². The number of ketones is 1. The number of likely N-dealkylation sites (tertiary alicyclic amines) is 1. The number of carbonyl (C=O) groups is 1. The summed E-state index contributed by atoms with van der Waals surface area (Å²) >= 11 is 0. The monoisotopic (exact) mass is 440 g/mol. The standard InChI is InChI=1S/C24H48N4O3/c1-21(2)24(29)20-28-12-10-27(11-13-28)19-23-5-8-26(9-6-23)14-16-31-18-17-30-15-7-25-22(3)4/h21-23,25H,5-20H2,1-4H3. The number of rotatable bonds is 15. The number of carbonyl (C=O) groups excluding carboxylic acids is 1. The lowest BCUT2D eigenvalue weighted by Crippen LogP contribution is -2.50. The Bertz CT molecular complexity index is 473. The van der Waals surface area contributed by atoms with Crippen LogP contribution >= 0.6 is 0 Å². The minimum absolute atomic E-state index is 0.152. The molecule has 0 unspecified atom stereocenters. The fraction of sp³-hybridized carbons (Fsp3) is 0.958. The van der Waals surface area contributed by atoms with Crippen LogP contribution in [0.3, 0.4) is 0 Å². The van der Waals surface area contributed by atoms with Crippen molar-refractivity contribution in [3.8, 4) is 0 Å². The second kappa shape index (κ2) is 15.3. The van der Waals surface area contributed by atoms with Gasteiger partial charge in [-0.3, -0.25) is 9.69 Å². The van der Waals surface area contributed by atoms with E-state index in [2.05, 4.69) is 33.9 Å². The van der Waals surface area contributed by atoms with Crippen molar-refractivity contribution in [1.29, 1.82) is 0 Å². The molecule has 0 spiro atoms. The van der Waals surface area contributed by atoms with Gasteiger partial charge in [0.15, 0.2) is 0 Å². The van der Waals surface area contributed by atoms with E-state index in [-0.39, 0.29) is 5.92 Å². The van der Waals surface area contributed by atoms with E-state index in [9.17, 15) is 4.79 Å². The number of hydrogen-bond donors (Lipinski definition) is 1. The molecule has 0 bridgehead atoms. The van der Waals surface area contributed by atoms with Gasteiger partial charge in [0.2, 0.25) is 0 Å². The number of nitrogens with one attached hydrogen (secondary N) is 1. The molecule has 2 aliphatic rings. The van der Waals surface area contributed by atoms with Crippen LogP contribution in [0.4, 0.5) is 0 Å². The first kappa shape index (κ1) is 26.7. The van der Waals surface area contributed by atoms with Crippen LogP contribution in [0, 0.1) is 11.8 Å². The summed E-state index contributed by atoms with van der Waals surface area (Å²) in [6.45, 7) is 21.7. The van der Waals surface area contributed by atoms with Crippen molar-refractivity contribution in [2.24, 2.45) is 11.8 Å². The molecular weight excluding hydrogens is 392 g/mol. The molecule has 182 valence electrons. The Morgan fingerprint density at radius 1 is 0.839 bits per heavy atom. The quantitative estimate of drug-likeness (QED) is 0.388. The average molecular weight is 441 g/mol. The number of Topliss-reactive ketones (excluding diaryl/α,β-unsaturated/α-hetero) is 1. The SMILES string of the molecule is CC(C)NCCOCCOCCN1CCC(CN2CCN(CC(=O)C(C)C)CC2)CC1. The third-order valence-electron chi connectivity index (χ3n) is 6.43. The Hall–Kier alpha value is -0.570. The van der Waals surface area contributed by atoms with Crippen molar-refractivity contribution in [2.75, 3.05) is 91.9 Å². The predicted octanol–water partition coefficient (Wildman–Crippen LogP) is 1.57. The molecule has 31 heavy (non-hydrogen) atoms. The van der Waals surface area contributed by atoms with E-state index >= 15 is 0 Å². The number of nitrogens with zero attached hydrogens (tertiary/aromatic N) is 3. The predicted molar refractivity (Wildman–Crippen MR) is 127 cm³/mol. The summed E-state index contributed by atoms with van der Waals surface area (Å²) in [5.41, 5.74) is 0.